The average molecular weight is 357 g/mol. The minimum absolute atomic E-state index is 0.735. The highest BCUT2D eigenvalue weighted by atomic mass is 79.9. The van der Waals surface area contributed by atoms with Crippen LogP contribution in [-0.2, 0) is 0 Å². The molecule has 1 aromatic heterocycles. The van der Waals surface area contributed by atoms with Gasteiger partial charge in [-0.1, -0.05) is 48.0 Å². The molecule has 0 saturated carbocycles. The van der Waals surface area contributed by atoms with Crippen molar-refractivity contribution in [2.45, 2.75) is 0 Å². The zero-order chi connectivity index (χ0) is 14.4. The van der Waals surface area contributed by atoms with Crippen molar-refractivity contribution < 1.29 is 0 Å². The first-order chi connectivity index (χ1) is 10.3. The van der Waals surface area contributed by atoms with Crippen LogP contribution in [0.25, 0.3) is 27.5 Å². The molecule has 1 heterocycles. The molecule has 3 heteroatoms. The van der Waals surface area contributed by atoms with Crippen LogP contribution >= 0.6 is 27.5 Å². The molecule has 0 spiro atoms. The molecule has 4 rings (SSSR count). The Bertz CT molecular complexity index is 957. The van der Waals surface area contributed by atoms with Crippen molar-refractivity contribution in [2.75, 3.05) is 0 Å². The minimum atomic E-state index is 0.735. The Hall–Kier alpha value is -1.77. The van der Waals surface area contributed by atoms with E-state index < -0.39 is 0 Å². The first kappa shape index (κ1) is 12.9. The van der Waals surface area contributed by atoms with Gasteiger partial charge in [-0.25, -0.2) is 0 Å². The van der Waals surface area contributed by atoms with Gasteiger partial charge in [0.2, 0.25) is 0 Å². The molecular weight excluding hydrogens is 346 g/mol. The lowest BCUT2D eigenvalue weighted by molar-refractivity contribution is 1.18. The number of fused-ring (bicyclic) bond motifs is 3. The fourth-order valence-electron chi connectivity index (χ4n) is 2.82. The zero-order valence-corrected chi connectivity index (χ0v) is 13.4. The van der Waals surface area contributed by atoms with Crippen molar-refractivity contribution in [3.8, 4) is 5.69 Å². The van der Waals surface area contributed by atoms with E-state index in [1.165, 1.54) is 16.3 Å². The topological polar surface area (TPSA) is 4.93 Å². The van der Waals surface area contributed by atoms with Crippen molar-refractivity contribution in [1.82, 2.24) is 4.57 Å². The van der Waals surface area contributed by atoms with E-state index in [0.717, 1.165) is 20.7 Å². The van der Waals surface area contributed by atoms with Crippen LogP contribution in [0.5, 0.6) is 0 Å². The third-order valence-corrected chi connectivity index (χ3v) is 4.93. The lowest BCUT2D eigenvalue weighted by Gasteiger charge is -2.07. The van der Waals surface area contributed by atoms with Crippen molar-refractivity contribution >= 4 is 49.3 Å². The van der Waals surface area contributed by atoms with Gasteiger partial charge in [-0.2, -0.15) is 0 Å². The molecule has 4 aromatic rings. The Balaban J connectivity index is 2.24. The van der Waals surface area contributed by atoms with Gasteiger partial charge in [-0.05, 0) is 46.3 Å². The minimum Gasteiger partial charge on any atom is -0.309 e. The maximum Gasteiger partial charge on any atom is 0.0555 e. The number of halogens is 2. The van der Waals surface area contributed by atoms with Gasteiger partial charge >= 0.3 is 0 Å². The van der Waals surface area contributed by atoms with Crippen molar-refractivity contribution in [3.05, 3.63) is 76.2 Å². The van der Waals surface area contributed by atoms with Crippen LogP contribution in [0.15, 0.2) is 71.2 Å². The quantitative estimate of drug-likeness (QED) is 0.382. The number of para-hydroxylation sites is 2. The lowest BCUT2D eigenvalue weighted by Crippen LogP contribution is -1.92. The second kappa shape index (κ2) is 4.90. The Labute approximate surface area is 135 Å². The highest BCUT2D eigenvalue weighted by molar-refractivity contribution is 9.10. The molecule has 0 aliphatic carbocycles. The van der Waals surface area contributed by atoms with Crippen molar-refractivity contribution in [2.24, 2.45) is 0 Å². The number of hydrogen-bond donors (Lipinski definition) is 0. The number of benzene rings is 3. The summed E-state index contributed by atoms with van der Waals surface area (Å²) >= 11 is 9.82. The maximum absolute atomic E-state index is 6.29. The highest BCUT2D eigenvalue weighted by Crippen LogP contribution is 2.36. The summed E-state index contributed by atoms with van der Waals surface area (Å²) in [7, 11) is 0. The van der Waals surface area contributed by atoms with Crippen LogP contribution in [0.2, 0.25) is 5.02 Å². The summed E-state index contributed by atoms with van der Waals surface area (Å²) in [5.74, 6) is 0. The summed E-state index contributed by atoms with van der Waals surface area (Å²) in [6, 6.07) is 22.9. The van der Waals surface area contributed by atoms with Crippen LogP contribution in [0.4, 0.5) is 0 Å². The Kier molecular flexibility index (Phi) is 3.02. The van der Waals surface area contributed by atoms with E-state index in [0.29, 0.717) is 0 Å². The Morgan fingerprint density at radius 1 is 0.762 bits per heavy atom. The van der Waals surface area contributed by atoms with Crippen LogP contribution in [0.3, 0.4) is 0 Å². The molecule has 0 unspecified atom stereocenters. The smallest absolute Gasteiger partial charge is 0.0555 e. The highest BCUT2D eigenvalue weighted by Gasteiger charge is 2.13. The molecule has 0 aliphatic rings. The molecule has 1 nitrogen and oxygen atoms in total. The largest absolute Gasteiger partial charge is 0.309 e. The molecule has 0 radical (unpaired) electrons. The number of nitrogens with zero attached hydrogens (tertiary/aromatic N) is 1. The second-order valence-electron chi connectivity index (χ2n) is 4.97. The van der Waals surface area contributed by atoms with E-state index in [1.807, 2.05) is 12.1 Å². The van der Waals surface area contributed by atoms with E-state index in [1.54, 1.807) is 0 Å². The zero-order valence-electron chi connectivity index (χ0n) is 11.1. The molecule has 0 atom stereocenters. The Morgan fingerprint density at radius 2 is 1.48 bits per heavy atom. The second-order valence-corrected chi connectivity index (χ2v) is 6.23. The Morgan fingerprint density at radius 3 is 2.29 bits per heavy atom. The standard InChI is InChI=1S/C18H11BrClN/c19-15-11-18-14(10-16(15)20)13-8-4-5-9-17(13)21(18)12-6-2-1-3-7-12/h1-11H. The molecule has 0 N–H and O–H groups in total. The summed E-state index contributed by atoms with van der Waals surface area (Å²) in [6.45, 7) is 0. The molecule has 0 saturated heterocycles. The van der Waals surface area contributed by atoms with Crippen LogP contribution in [0.1, 0.15) is 0 Å². The molecule has 0 fully saturated rings. The fraction of sp³-hybridized carbons (Fsp3) is 0. The SMILES string of the molecule is Clc1cc2c3ccccc3n(-c3ccccc3)c2cc1Br. The molecule has 102 valence electrons. The first-order valence-corrected chi connectivity index (χ1v) is 7.86. The summed E-state index contributed by atoms with van der Waals surface area (Å²) in [6.07, 6.45) is 0. The summed E-state index contributed by atoms with van der Waals surface area (Å²) in [4.78, 5) is 0. The average Bonchev–Trinajstić information content (AvgIpc) is 2.82. The molecular formula is C18H11BrClN. The maximum atomic E-state index is 6.29. The van der Waals surface area contributed by atoms with E-state index in [-0.39, 0.29) is 0 Å². The van der Waals surface area contributed by atoms with E-state index in [9.17, 15) is 0 Å². The van der Waals surface area contributed by atoms with Gasteiger partial charge in [-0.15, -0.1) is 0 Å². The third-order valence-electron chi connectivity index (χ3n) is 3.73. The molecule has 3 aromatic carbocycles. The molecule has 0 amide bonds. The van der Waals surface area contributed by atoms with Crippen LogP contribution < -0.4 is 0 Å². The van der Waals surface area contributed by atoms with Gasteiger partial charge in [0.25, 0.3) is 0 Å². The van der Waals surface area contributed by atoms with Gasteiger partial charge in [0.15, 0.2) is 0 Å². The lowest BCUT2D eigenvalue weighted by atomic mass is 10.1. The van der Waals surface area contributed by atoms with E-state index in [4.69, 9.17) is 11.6 Å². The van der Waals surface area contributed by atoms with Gasteiger partial charge in [-0.3, -0.25) is 0 Å². The monoisotopic (exact) mass is 355 g/mol. The molecule has 0 aliphatic heterocycles. The van der Waals surface area contributed by atoms with Crippen LogP contribution in [0, 0.1) is 0 Å². The third kappa shape index (κ3) is 1.98. The normalized spacial score (nSPS) is 11.3. The van der Waals surface area contributed by atoms with Gasteiger partial charge in [0.1, 0.15) is 0 Å². The number of rotatable bonds is 1. The van der Waals surface area contributed by atoms with Gasteiger partial charge in [0.05, 0.1) is 16.1 Å². The fourth-order valence-corrected chi connectivity index (χ4v) is 3.31. The van der Waals surface area contributed by atoms with Crippen molar-refractivity contribution in [3.63, 3.8) is 0 Å². The predicted octanol–water partition coefficient (Wildman–Crippen LogP) is 6.20. The van der Waals surface area contributed by atoms with Gasteiger partial charge < -0.3 is 4.57 Å². The molecule has 21 heavy (non-hydrogen) atoms. The summed E-state index contributed by atoms with van der Waals surface area (Å²) in [5.41, 5.74) is 3.49. The first-order valence-electron chi connectivity index (χ1n) is 6.69. The molecule has 0 bridgehead atoms. The van der Waals surface area contributed by atoms with Crippen LogP contribution in [-0.4, -0.2) is 4.57 Å². The summed E-state index contributed by atoms with van der Waals surface area (Å²) < 4.78 is 3.18. The van der Waals surface area contributed by atoms with E-state index in [2.05, 4.69) is 75.1 Å². The summed E-state index contributed by atoms with van der Waals surface area (Å²) in [5, 5.41) is 3.12. The number of hydrogen-bond acceptors (Lipinski definition) is 0. The van der Waals surface area contributed by atoms with E-state index >= 15 is 0 Å². The van der Waals surface area contributed by atoms with Crippen molar-refractivity contribution in [1.29, 1.82) is 0 Å². The number of aromatic nitrogens is 1. The van der Waals surface area contributed by atoms with Gasteiger partial charge in [0, 0.05) is 20.9 Å². The predicted molar refractivity (Wildman–Crippen MR) is 93.5 cm³/mol.